The second-order valence-corrected chi connectivity index (χ2v) is 5.73. The first-order chi connectivity index (χ1) is 10.0. The van der Waals surface area contributed by atoms with Gasteiger partial charge in [-0.05, 0) is 26.8 Å². The molecule has 1 aromatic heterocycles. The van der Waals surface area contributed by atoms with Crippen LogP contribution in [0, 0.1) is 5.92 Å². The molecule has 1 saturated heterocycles. The van der Waals surface area contributed by atoms with Gasteiger partial charge in [0.25, 0.3) is 0 Å². The van der Waals surface area contributed by atoms with Gasteiger partial charge in [-0.2, -0.15) is 5.10 Å². The Labute approximate surface area is 124 Å². The topological polar surface area (TPSA) is 80.5 Å². The predicted octanol–water partition coefficient (Wildman–Crippen LogP) is 1.17. The molecule has 7 heteroatoms. The van der Waals surface area contributed by atoms with E-state index in [1.807, 2.05) is 4.68 Å². The third-order valence-corrected chi connectivity index (χ3v) is 3.83. The standard InChI is InChI=1S/C14H24N4O3/c1-4-5-17(12-8-21-7-11(12)14(19)20)6-13-15-9-16-18(13)10(2)3/h9-12H,4-8H2,1-3H3,(H,19,20). The van der Waals surface area contributed by atoms with Gasteiger partial charge in [0.05, 0.1) is 25.7 Å². The Morgan fingerprint density at radius 2 is 2.33 bits per heavy atom. The van der Waals surface area contributed by atoms with Crippen LogP contribution >= 0.6 is 0 Å². The number of aliphatic carboxylic acids is 1. The van der Waals surface area contributed by atoms with Crippen LogP contribution in [0.2, 0.25) is 0 Å². The number of carbonyl (C=O) groups is 1. The first-order valence-corrected chi connectivity index (χ1v) is 7.47. The number of rotatable bonds is 7. The van der Waals surface area contributed by atoms with Gasteiger partial charge in [0, 0.05) is 12.1 Å². The molecule has 0 aromatic carbocycles. The van der Waals surface area contributed by atoms with Crippen LogP contribution in [-0.4, -0.2) is 56.5 Å². The van der Waals surface area contributed by atoms with Gasteiger partial charge in [-0.1, -0.05) is 6.92 Å². The molecule has 21 heavy (non-hydrogen) atoms. The van der Waals surface area contributed by atoms with E-state index in [1.54, 1.807) is 6.33 Å². The summed E-state index contributed by atoms with van der Waals surface area (Å²) in [4.78, 5) is 17.8. The van der Waals surface area contributed by atoms with E-state index in [4.69, 9.17) is 4.74 Å². The minimum absolute atomic E-state index is 0.0974. The maximum atomic E-state index is 11.4. The first kappa shape index (κ1) is 15.9. The van der Waals surface area contributed by atoms with E-state index >= 15 is 0 Å². The fourth-order valence-electron chi connectivity index (χ4n) is 2.79. The van der Waals surface area contributed by atoms with Crippen molar-refractivity contribution < 1.29 is 14.6 Å². The van der Waals surface area contributed by atoms with E-state index in [-0.39, 0.29) is 18.7 Å². The summed E-state index contributed by atoms with van der Waals surface area (Å²) < 4.78 is 7.27. The monoisotopic (exact) mass is 296 g/mol. The maximum Gasteiger partial charge on any atom is 0.310 e. The third kappa shape index (κ3) is 3.59. The number of carboxylic acid groups (broad SMARTS) is 1. The number of hydrogen-bond donors (Lipinski definition) is 1. The van der Waals surface area contributed by atoms with Gasteiger partial charge in [0.15, 0.2) is 0 Å². The summed E-state index contributed by atoms with van der Waals surface area (Å²) in [5.74, 6) is -0.384. The summed E-state index contributed by atoms with van der Waals surface area (Å²) in [6, 6.07) is 0.140. The van der Waals surface area contributed by atoms with Crippen LogP contribution in [-0.2, 0) is 16.1 Å². The fourth-order valence-corrected chi connectivity index (χ4v) is 2.79. The highest BCUT2D eigenvalue weighted by molar-refractivity contribution is 5.71. The number of carboxylic acids is 1. The molecule has 1 aliphatic rings. The molecule has 2 rings (SSSR count). The Morgan fingerprint density at radius 3 is 2.95 bits per heavy atom. The SMILES string of the molecule is CCCN(Cc1ncnn1C(C)C)C1COCC1C(=O)O. The van der Waals surface area contributed by atoms with E-state index in [0.717, 1.165) is 18.8 Å². The maximum absolute atomic E-state index is 11.4. The van der Waals surface area contributed by atoms with Crippen LogP contribution in [0.25, 0.3) is 0 Å². The highest BCUT2D eigenvalue weighted by Crippen LogP contribution is 2.22. The van der Waals surface area contributed by atoms with E-state index < -0.39 is 11.9 Å². The zero-order chi connectivity index (χ0) is 15.4. The Balaban J connectivity index is 2.15. The Hall–Kier alpha value is -1.47. The number of aromatic nitrogens is 3. The van der Waals surface area contributed by atoms with Crippen molar-refractivity contribution in [2.45, 2.75) is 45.8 Å². The van der Waals surface area contributed by atoms with E-state index in [9.17, 15) is 9.90 Å². The minimum Gasteiger partial charge on any atom is -0.481 e. The summed E-state index contributed by atoms with van der Waals surface area (Å²) in [7, 11) is 0. The molecule has 118 valence electrons. The van der Waals surface area contributed by atoms with Gasteiger partial charge in [0.2, 0.25) is 0 Å². The molecular formula is C14H24N4O3. The molecule has 1 aliphatic heterocycles. The zero-order valence-electron chi connectivity index (χ0n) is 12.9. The molecule has 2 unspecified atom stereocenters. The van der Waals surface area contributed by atoms with Gasteiger partial charge in [-0.25, -0.2) is 9.67 Å². The molecule has 1 fully saturated rings. The molecule has 0 amide bonds. The first-order valence-electron chi connectivity index (χ1n) is 7.47. The number of nitrogens with zero attached hydrogens (tertiary/aromatic N) is 4. The van der Waals surface area contributed by atoms with Gasteiger partial charge < -0.3 is 9.84 Å². The quantitative estimate of drug-likeness (QED) is 0.813. The number of ether oxygens (including phenoxy) is 1. The second-order valence-electron chi connectivity index (χ2n) is 5.73. The second kappa shape index (κ2) is 7.00. The smallest absolute Gasteiger partial charge is 0.310 e. The van der Waals surface area contributed by atoms with Crippen molar-refractivity contribution in [3.8, 4) is 0 Å². The molecule has 2 heterocycles. The van der Waals surface area contributed by atoms with E-state index in [1.165, 1.54) is 0 Å². The van der Waals surface area contributed by atoms with Crippen molar-refractivity contribution in [2.24, 2.45) is 5.92 Å². The van der Waals surface area contributed by atoms with Gasteiger partial charge in [-0.15, -0.1) is 0 Å². The Bertz CT molecular complexity index is 475. The average Bonchev–Trinajstić information content (AvgIpc) is 3.06. The fraction of sp³-hybridized carbons (Fsp3) is 0.786. The molecule has 0 spiro atoms. The largest absolute Gasteiger partial charge is 0.481 e. The molecule has 2 atom stereocenters. The van der Waals surface area contributed by atoms with Crippen LogP contribution in [0.3, 0.4) is 0 Å². The Kier molecular flexibility index (Phi) is 5.30. The van der Waals surface area contributed by atoms with Crippen LogP contribution in [0.5, 0.6) is 0 Å². The van der Waals surface area contributed by atoms with Crippen molar-refractivity contribution in [1.82, 2.24) is 19.7 Å². The molecule has 0 saturated carbocycles. The summed E-state index contributed by atoms with van der Waals surface area (Å²) >= 11 is 0. The lowest BCUT2D eigenvalue weighted by Crippen LogP contribution is -2.43. The third-order valence-electron chi connectivity index (χ3n) is 3.83. The normalized spacial score (nSPS) is 22.3. The van der Waals surface area contributed by atoms with Crippen LogP contribution < -0.4 is 0 Å². The average molecular weight is 296 g/mol. The predicted molar refractivity (Wildman–Crippen MR) is 76.8 cm³/mol. The lowest BCUT2D eigenvalue weighted by atomic mass is 10.0. The number of hydrogen-bond acceptors (Lipinski definition) is 5. The van der Waals surface area contributed by atoms with Crippen LogP contribution in [0.4, 0.5) is 0 Å². The van der Waals surface area contributed by atoms with E-state index in [2.05, 4.69) is 35.8 Å². The van der Waals surface area contributed by atoms with Crippen molar-refractivity contribution in [3.63, 3.8) is 0 Å². The molecule has 0 aliphatic carbocycles. The molecule has 1 N–H and O–H groups in total. The van der Waals surface area contributed by atoms with E-state index in [0.29, 0.717) is 13.2 Å². The summed E-state index contributed by atoms with van der Waals surface area (Å²) in [6.07, 6.45) is 2.51. The highest BCUT2D eigenvalue weighted by Gasteiger charge is 2.38. The van der Waals surface area contributed by atoms with Crippen molar-refractivity contribution in [2.75, 3.05) is 19.8 Å². The zero-order valence-corrected chi connectivity index (χ0v) is 12.9. The molecule has 7 nitrogen and oxygen atoms in total. The van der Waals surface area contributed by atoms with Crippen molar-refractivity contribution in [3.05, 3.63) is 12.2 Å². The van der Waals surface area contributed by atoms with Crippen molar-refractivity contribution >= 4 is 5.97 Å². The summed E-state index contributed by atoms with van der Waals surface area (Å²) in [5.41, 5.74) is 0. The lowest BCUT2D eigenvalue weighted by Gasteiger charge is -2.29. The molecule has 0 radical (unpaired) electrons. The summed E-state index contributed by atoms with van der Waals surface area (Å²) in [5, 5.41) is 13.6. The van der Waals surface area contributed by atoms with Gasteiger partial charge in [-0.3, -0.25) is 9.69 Å². The van der Waals surface area contributed by atoms with Crippen LogP contribution in [0.1, 0.15) is 39.1 Å². The highest BCUT2D eigenvalue weighted by atomic mass is 16.5. The van der Waals surface area contributed by atoms with Crippen LogP contribution in [0.15, 0.2) is 6.33 Å². The summed E-state index contributed by atoms with van der Waals surface area (Å²) in [6.45, 7) is 8.38. The molecule has 0 bridgehead atoms. The Morgan fingerprint density at radius 1 is 1.57 bits per heavy atom. The minimum atomic E-state index is -0.788. The van der Waals surface area contributed by atoms with Crippen molar-refractivity contribution in [1.29, 1.82) is 0 Å². The van der Waals surface area contributed by atoms with Gasteiger partial charge in [0.1, 0.15) is 12.2 Å². The molecular weight excluding hydrogens is 272 g/mol. The lowest BCUT2D eigenvalue weighted by molar-refractivity contribution is -0.143. The molecule has 1 aromatic rings. The van der Waals surface area contributed by atoms with Gasteiger partial charge >= 0.3 is 5.97 Å².